The molecule has 0 atom stereocenters. The van der Waals surface area contributed by atoms with Crippen LogP contribution in [0.5, 0.6) is 0 Å². The Labute approximate surface area is 142 Å². The van der Waals surface area contributed by atoms with E-state index in [0.717, 1.165) is 11.4 Å². The summed E-state index contributed by atoms with van der Waals surface area (Å²) in [6.07, 6.45) is 7.15. The zero-order valence-corrected chi connectivity index (χ0v) is 13.3. The summed E-state index contributed by atoms with van der Waals surface area (Å²) in [6, 6.07) is 10.8. The van der Waals surface area contributed by atoms with E-state index < -0.39 is 0 Å². The molecule has 1 aromatic carbocycles. The van der Waals surface area contributed by atoms with Gasteiger partial charge in [0.25, 0.3) is 0 Å². The predicted molar refractivity (Wildman–Crippen MR) is 91.2 cm³/mol. The summed E-state index contributed by atoms with van der Waals surface area (Å²) in [4.78, 5) is 20.0. The van der Waals surface area contributed by atoms with Crippen LogP contribution in [0.15, 0.2) is 61.3 Å². The van der Waals surface area contributed by atoms with Gasteiger partial charge in [-0.2, -0.15) is 4.98 Å². The van der Waals surface area contributed by atoms with E-state index in [1.54, 1.807) is 41.3 Å². The number of hydrogen-bond acceptors (Lipinski definition) is 6. The van der Waals surface area contributed by atoms with Crippen molar-refractivity contribution in [1.29, 1.82) is 0 Å². The van der Waals surface area contributed by atoms with E-state index in [1.165, 1.54) is 7.11 Å². The van der Waals surface area contributed by atoms with Crippen molar-refractivity contribution in [1.82, 2.24) is 24.1 Å². The number of aromatic nitrogens is 5. The maximum atomic E-state index is 11.5. The van der Waals surface area contributed by atoms with Gasteiger partial charge in [0.05, 0.1) is 24.7 Å². The fourth-order valence-corrected chi connectivity index (χ4v) is 2.43. The number of carbonyl (C=O) groups is 1. The van der Waals surface area contributed by atoms with Crippen molar-refractivity contribution < 1.29 is 9.53 Å². The smallest absolute Gasteiger partial charge is 0.337 e. The first-order valence-electron chi connectivity index (χ1n) is 7.53. The average Bonchev–Trinajstić information content (AvgIpc) is 3.30. The second kappa shape index (κ2) is 6.08. The Morgan fingerprint density at radius 3 is 2.72 bits per heavy atom. The third-order valence-electron chi connectivity index (χ3n) is 3.69. The number of rotatable bonds is 4. The topological polar surface area (TPSA) is 86.3 Å². The maximum Gasteiger partial charge on any atom is 0.337 e. The van der Waals surface area contributed by atoms with Crippen molar-refractivity contribution in [2.75, 3.05) is 12.4 Å². The van der Waals surface area contributed by atoms with E-state index in [1.807, 2.05) is 29.1 Å². The molecule has 124 valence electrons. The molecule has 0 unspecified atom stereocenters. The molecule has 3 heterocycles. The second-order valence-electron chi connectivity index (χ2n) is 5.29. The Morgan fingerprint density at radius 1 is 1.16 bits per heavy atom. The Morgan fingerprint density at radius 2 is 2.00 bits per heavy atom. The number of hydrogen-bond donors (Lipinski definition) is 1. The van der Waals surface area contributed by atoms with Gasteiger partial charge in [0.2, 0.25) is 5.95 Å². The number of carbonyl (C=O) groups excluding carboxylic acids is 1. The zero-order chi connectivity index (χ0) is 17.2. The van der Waals surface area contributed by atoms with Crippen LogP contribution < -0.4 is 5.32 Å². The van der Waals surface area contributed by atoms with Crippen LogP contribution in [-0.4, -0.2) is 37.2 Å². The van der Waals surface area contributed by atoms with Crippen molar-refractivity contribution in [2.45, 2.75) is 0 Å². The second-order valence-corrected chi connectivity index (χ2v) is 5.29. The minimum atomic E-state index is -0.371. The summed E-state index contributed by atoms with van der Waals surface area (Å²) in [5, 5.41) is 7.50. The van der Waals surface area contributed by atoms with Crippen molar-refractivity contribution in [2.24, 2.45) is 0 Å². The third kappa shape index (κ3) is 2.92. The molecule has 0 aliphatic carbocycles. The van der Waals surface area contributed by atoms with Gasteiger partial charge in [-0.3, -0.25) is 0 Å². The number of ether oxygens (including phenoxy) is 1. The molecule has 0 spiro atoms. The van der Waals surface area contributed by atoms with E-state index in [-0.39, 0.29) is 5.97 Å². The van der Waals surface area contributed by atoms with E-state index in [9.17, 15) is 4.79 Å². The Balaban J connectivity index is 1.58. The van der Waals surface area contributed by atoms with Crippen LogP contribution in [0.3, 0.4) is 0 Å². The van der Waals surface area contributed by atoms with Gasteiger partial charge in [-0.15, -0.1) is 5.10 Å². The van der Waals surface area contributed by atoms with Gasteiger partial charge in [0, 0.05) is 30.3 Å². The highest BCUT2D eigenvalue weighted by Crippen LogP contribution is 2.17. The number of nitrogens with zero attached hydrogens (tertiary/aromatic N) is 5. The van der Waals surface area contributed by atoms with E-state index in [4.69, 9.17) is 0 Å². The number of imidazole rings is 1. The number of nitrogens with one attached hydrogen (secondary N) is 1. The first-order chi connectivity index (χ1) is 12.2. The summed E-state index contributed by atoms with van der Waals surface area (Å²) in [5.41, 5.74) is 2.92. The lowest BCUT2D eigenvalue weighted by Gasteiger charge is -2.03. The van der Waals surface area contributed by atoms with Crippen LogP contribution in [0.1, 0.15) is 10.4 Å². The molecule has 0 saturated heterocycles. The number of benzene rings is 1. The molecular formula is C17H14N6O2. The summed E-state index contributed by atoms with van der Waals surface area (Å²) in [6.45, 7) is 0. The number of pyridine rings is 1. The van der Waals surface area contributed by atoms with Crippen molar-refractivity contribution >= 4 is 23.3 Å². The Bertz CT molecular complexity index is 1020. The minimum absolute atomic E-state index is 0.371. The molecule has 0 amide bonds. The first kappa shape index (κ1) is 14.9. The molecule has 0 aliphatic rings. The minimum Gasteiger partial charge on any atom is -0.465 e. The highest BCUT2D eigenvalue weighted by atomic mass is 16.5. The molecule has 4 aromatic rings. The van der Waals surface area contributed by atoms with Crippen LogP contribution in [0.25, 0.3) is 11.3 Å². The van der Waals surface area contributed by atoms with Crippen LogP contribution in [-0.2, 0) is 4.74 Å². The number of methoxy groups -OCH3 is 1. The van der Waals surface area contributed by atoms with E-state index in [2.05, 4.69) is 25.1 Å². The summed E-state index contributed by atoms with van der Waals surface area (Å²) in [5.74, 6) is 0.0954. The molecule has 8 nitrogen and oxygen atoms in total. The lowest BCUT2D eigenvalue weighted by atomic mass is 10.2. The SMILES string of the molecule is COC(=O)c1ccc(Nc2nc3cc(-n4ccnc4)ccn3n2)cc1. The molecule has 0 aliphatic heterocycles. The molecule has 3 aromatic heterocycles. The van der Waals surface area contributed by atoms with Gasteiger partial charge in [0.1, 0.15) is 0 Å². The molecule has 0 radical (unpaired) electrons. The van der Waals surface area contributed by atoms with Crippen molar-refractivity contribution in [3.05, 3.63) is 66.9 Å². The number of fused-ring (bicyclic) bond motifs is 1. The van der Waals surface area contributed by atoms with Gasteiger partial charge in [-0.1, -0.05) is 0 Å². The maximum absolute atomic E-state index is 11.5. The molecule has 0 fully saturated rings. The average molecular weight is 334 g/mol. The van der Waals surface area contributed by atoms with Crippen LogP contribution >= 0.6 is 0 Å². The zero-order valence-electron chi connectivity index (χ0n) is 13.3. The fraction of sp³-hybridized carbons (Fsp3) is 0.0588. The molecular weight excluding hydrogens is 320 g/mol. The van der Waals surface area contributed by atoms with Crippen molar-refractivity contribution in [3.8, 4) is 5.69 Å². The molecule has 4 rings (SSSR count). The quantitative estimate of drug-likeness (QED) is 0.577. The largest absolute Gasteiger partial charge is 0.465 e. The van der Waals surface area contributed by atoms with Crippen LogP contribution in [0.4, 0.5) is 11.6 Å². The number of esters is 1. The summed E-state index contributed by atoms with van der Waals surface area (Å²) >= 11 is 0. The Kier molecular flexibility index (Phi) is 3.62. The molecule has 0 bridgehead atoms. The standard InChI is InChI=1S/C17H14N6O2/c1-25-16(24)12-2-4-13(5-3-12)19-17-20-15-10-14(6-8-23(15)21-17)22-9-7-18-11-22/h2-11H,1H3,(H,19,21). The van der Waals surface area contributed by atoms with Crippen LogP contribution in [0.2, 0.25) is 0 Å². The van der Waals surface area contributed by atoms with E-state index >= 15 is 0 Å². The number of anilines is 2. The molecule has 25 heavy (non-hydrogen) atoms. The third-order valence-corrected chi connectivity index (χ3v) is 3.69. The Hall–Kier alpha value is -3.68. The molecule has 1 N–H and O–H groups in total. The lowest BCUT2D eigenvalue weighted by Crippen LogP contribution is -2.01. The van der Waals surface area contributed by atoms with Crippen LogP contribution in [0, 0.1) is 0 Å². The lowest BCUT2D eigenvalue weighted by molar-refractivity contribution is 0.0601. The molecule has 0 saturated carbocycles. The van der Waals surface area contributed by atoms with Gasteiger partial charge in [-0.25, -0.2) is 14.3 Å². The van der Waals surface area contributed by atoms with E-state index in [0.29, 0.717) is 17.2 Å². The van der Waals surface area contributed by atoms with Gasteiger partial charge in [-0.05, 0) is 30.3 Å². The van der Waals surface area contributed by atoms with Gasteiger partial charge in [0.15, 0.2) is 5.65 Å². The molecule has 8 heteroatoms. The van der Waals surface area contributed by atoms with Crippen molar-refractivity contribution in [3.63, 3.8) is 0 Å². The van der Waals surface area contributed by atoms with Gasteiger partial charge < -0.3 is 14.6 Å². The first-order valence-corrected chi connectivity index (χ1v) is 7.53. The highest BCUT2D eigenvalue weighted by Gasteiger charge is 2.07. The fourth-order valence-electron chi connectivity index (χ4n) is 2.43. The monoisotopic (exact) mass is 334 g/mol. The normalized spacial score (nSPS) is 10.8. The summed E-state index contributed by atoms with van der Waals surface area (Å²) < 4.78 is 8.26. The predicted octanol–water partition coefficient (Wildman–Crippen LogP) is 2.45. The summed E-state index contributed by atoms with van der Waals surface area (Å²) in [7, 11) is 1.35. The highest BCUT2D eigenvalue weighted by molar-refractivity contribution is 5.89. The van der Waals surface area contributed by atoms with Gasteiger partial charge >= 0.3 is 5.97 Å².